The Morgan fingerprint density at radius 2 is 1.84 bits per heavy atom. The van der Waals surface area contributed by atoms with Crippen LogP contribution in [0.1, 0.15) is 33.5 Å². The third-order valence-electron chi connectivity index (χ3n) is 3.00. The molecule has 5 nitrogen and oxygen atoms in total. The molecule has 1 rings (SSSR count). The standard InChI is InChI=1S/C14H27N5/c1-7-19(8-2)13-9-12(16-11(3)17-13)18-14(4,5)10-15-6/h9,15H,7-8,10H2,1-6H3,(H,16,17,18). The van der Waals surface area contributed by atoms with Gasteiger partial charge in [0.25, 0.3) is 0 Å². The van der Waals surface area contributed by atoms with E-state index in [1.165, 1.54) is 0 Å². The van der Waals surface area contributed by atoms with E-state index in [2.05, 4.69) is 53.2 Å². The second kappa shape index (κ2) is 6.70. The first-order chi connectivity index (χ1) is 8.91. The summed E-state index contributed by atoms with van der Waals surface area (Å²) in [4.78, 5) is 11.2. The van der Waals surface area contributed by atoms with Crippen molar-refractivity contribution >= 4 is 11.6 Å². The molecule has 0 saturated heterocycles. The van der Waals surface area contributed by atoms with Crippen molar-refractivity contribution in [2.24, 2.45) is 0 Å². The lowest BCUT2D eigenvalue weighted by molar-refractivity contribution is 0.528. The average Bonchev–Trinajstić information content (AvgIpc) is 2.28. The Labute approximate surface area is 116 Å². The minimum absolute atomic E-state index is 0.0456. The van der Waals surface area contributed by atoms with Gasteiger partial charge in [0.15, 0.2) is 0 Å². The molecular formula is C14H27N5. The van der Waals surface area contributed by atoms with Gasteiger partial charge in [0.1, 0.15) is 17.5 Å². The Bertz CT molecular complexity index is 399. The van der Waals surface area contributed by atoms with Crippen LogP contribution >= 0.6 is 0 Å². The molecule has 0 amide bonds. The van der Waals surface area contributed by atoms with Crippen LogP contribution in [0.25, 0.3) is 0 Å². The second-order valence-electron chi connectivity index (χ2n) is 5.37. The Kier molecular flexibility index (Phi) is 5.54. The molecule has 0 unspecified atom stereocenters. The maximum absolute atomic E-state index is 4.51. The Hall–Kier alpha value is -1.36. The number of aryl methyl sites for hydroxylation is 1. The maximum Gasteiger partial charge on any atom is 0.134 e. The van der Waals surface area contributed by atoms with Crippen LogP contribution in [0, 0.1) is 6.92 Å². The number of nitrogens with one attached hydrogen (secondary N) is 2. The zero-order chi connectivity index (χ0) is 14.5. The van der Waals surface area contributed by atoms with Gasteiger partial charge in [0.2, 0.25) is 0 Å². The molecule has 0 radical (unpaired) electrons. The molecule has 0 aliphatic carbocycles. The van der Waals surface area contributed by atoms with Crippen molar-refractivity contribution in [3.05, 3.63) is 11.9 Å². The van der Waals surface area contributed by atoms with Gasteiger partial charge in [-0.25, -0.2) is 9.97 Å². The van der Waals surface area contributed by atoms with Crippen LogP contribution in [0.15, 0.2) is 6.07 Å². The normalized spacial score (nSPS) is 11.5. The molecular weight excluding hydrogens is 238 g/mol. The molecule has 0 saturated carbocycles. The van der Waals surface area contributed by atoms with Crippen molar-refractivity contribution in [1.29, 1.82) is 0 Å². The van der Waals surface area contributed by atoms with Crippen molar-refractivity contribution in [3.63, 3.8) is 0 Å². The SMILES string of the molecule is CCN(CC)c1cc(NC(C)(C)CNC)nc(C)n1. The number of rotatable bonds is 7. The van der Waals surface area contributed by atoms with Gasteiger partial charge >= 0.3 is 0 Å². The van der Waals surface area contributed by atoms with E-state index in [1.807, 2.05) is 20.0 Å². The third-order valence-corrected chi connectivity index (χ3v) is 3.00. The van der Waals surface area contributed by atoms with E-state index in [0.29, 0.717) is 0 Å². The third kappa shape index (κ3) is 4.67. The van der Waals surface area contributed by atoms with Crippen LogP contribution in [-0.2, 0) is 0 Å². The fraction of sp³-hybridized carbons (Fsp3) is 0.714. The summed E-state index contributed by atoms with van der Waals surface area (Å²) >= 11 is 0. The summed E-state index contributed by atoms with van der Waals surface area (Å²) in [5.74, 6) is 2.67. The molecule has 0 bridgehead atoms. The molecule has 1 aromatic heterocycles. The van der Waals surface area contributed by atoms with Crippen LogP contribution in [0.5, 0.6) is 0 Å². The average molecular weight is 265 g/mol. The molecule has 19 heavy (non-hydrogen) atoms. The number of aromatic nitrogens is 2. The van der Waals surface area contributed by atoms with Gasteiger partial charge in [-0.2, -0.15) is 0 Å². The highest BCUT2D eigenvalue weighted by Gasteiger charge is 2.18. The smallest absolute Gasteiger partial charge is 0.134 e. The summed E-state index contributed by atoms with van der Waals surface area (Å²) in [6.45, 7) is 13.3. The van der Waals surface area contributed by atoms with Crippen LogP contribution in [0.4, 0.5) is 11.6 Å². The van der Waals surface area contributed by atoms with Gasteiger partial charge in [0, 0.05) is 31.2 Å². The highest BCUT2D eigenvalue weighted by atomic mass is 15.2. The van der Waals surface area contributed by atoms with Crippen LogP contribution < -0.4 is 15.5 Å². The summed E-state index contributed by atoms with van der Waals surface area (Å²) in [6.07, 6.45) is 0. The number of hydrogen-bond acceptors (Lipinski definition) is 5. The summed E-state index contributed by atoms with van der Waals surface area (Å²) in [5.41, 5.74) is -0.0456. The molecule has 1 heterocycles. The Balaban J connectivity index is 2.96. The molecule has 0 aliphatic heterocycles. The van der Waals surface area contributed by atoms with Crippen molar-refractivity contribution in [2.75, 3.05) is 36.9 Å². The minimum Gasteiger partial charge on any atom is -0.364 e. The monoisotopic (exact) mass is 265 g/mol. The van der Waals surface area contributed by atoms with Crippen molar-refractivity contribution < 1.29 is 0 Å². The van der Waals surface area contributed by atoms with Crippen LogP contribution in [0.2, 0.25) is 0 Å². The fourth-order valence-electron chi connectivity index (χ4n) is 2.16. The van der Waals surface area contributed by atoms with Gasteiger partial charge in [-0.15, -0.1) is 0 Å². The van der Waals surface area contributed by atoms with Crippen LogP contribution in [0.3, 0.4) is 0 Å². The minimum atomic E-state index is -0.0456. The van der Waals surface area contributed by atoms with Gasteiger partial charge in [0.05, 0.1) is 0 Å². The maximum atomic E-state index is 4.51. The number of anilines is 2. The zero-order valence-electron chi connectivity index (χ0n) is 13.0. The predicted octanol–water partition coefficient (Wildman–Crippen LogP) is 2.04. The van der Waals surface area contributed by atoms with E-state index in [4.69, 9.17) is 0 Å². The molecule has 0 atom stereocenters. The van der Waals surface area contributed by atoms with E-state index in [-0.39, 0.29) is 5.54 Å². The van der Waals surface area contributed by atoms with E-state index < -0.39 is 0 Å². The van der Waals surface area contributed by atoms with Crippen molar-refractivity contribution in [3.8, 4) is 0 Å². The Morgan fingerprint density at radius 1 is 1.21 bits per heavy atom. The topological polar surface area (TPSA) is 53.1 Å². The summed E-state index contributed by atoms with van der Waals surface area (Å²) in [5, 5.41) is 6.65. The molecule has 2 N–H and O–H groups in total. The van der Waals surface area contributed by atoms with E-state index in [1.54, 1.807) is 0 Å². The number of nitrogens with zero attached hydrogens (tertiary/aromatic N) is 3. The largest absolute Gasteiger partial charge is 0.364 e. The lowest BCUT2D eigenvalue weighted by atomic mass is 10.1. The highest BCUT2D eigenvalue weighted by molar-refractivity contribution is 5.50. The van der Waals surface area contributed by atoms with E-state index in [0.717, 1.165) is 37.1 Å². The first-order valence-corrected chi connectivity index (χ1v) is 6.95. The van der Waals surface area contributed by atoms with Crippen molar-refractivity contribution in [1.82, 2.24) is 15.3 Å². The fourth-order valence-corrected chi connectivity index (χ4v) is 2.16. The van der Waals surface area contributed by atoms with E-state index in [9.17, 15) is 0 Å². The molecule has 0 fully saturated rings. The molecule has 108 valence electrons. The molecule has 0 spiro atoms. The molecule has 0 aromatic carbocycles. The number of hydrogen-bond donors (Lipinski definition) is 2. The van der Waals surface area contributed by atoms with Crippen molar-refractivity contribution in [2.45, 2.75) is 40.2 Å². The molecule has 0 aliphatic rings. The van der Waals surface area contributed by atoms with E-state index >= 15 is 0 Å². The van der Waals surface area contributed by atoms with Gasteiger partial charge in [-0.1, -0.05) is 0 Å². The van der Waals surface area contributed by atoms with Gasteiger partial charge < -0.3 is 15.5 Å². The quantitative estimate of drug-likeness (QED) is 0.790. The lowest BCUT2D eigenvalue weighted by Gasteiger charge is -2.28. The second-order valence-corrected chi connectivity index (χ2v) is 5.37. The first kappa shape index (κ1) is 15.7. The van der Waals surface area contributed by atoms with Crippen LogP contribution in [-0.4, -0.2) is 42.2 Å². The Morgan fingerprint density at radius 3 is 2.37 bits per heavy atom. The summed E-state index contributed by atoms with van der Waals surface area (Å²) < 4.78 is 0. The lowest BCUT2D eigenvalue weighted by Crippen LogP contribution is -2.41. The zero-order valence-corrected chi connectivity index (χ0v) is 13.0. The highest BCUT2D eigenvalue weighted by Crippen LogP contribution is 2.18. The summed E-state index contributed by atoms with van der Waals surface area (Å²) in [7, 11) is 1.95. The van der Waals surface area contributed by atoms with Gasteiger partial charge in [-0.05, 0) is 41.7 Å². The number of likely N-dealkylation sites (N-methyl/N-ethyl adjacent to an activating group) is 1. The first-order valence-electron chi connectivity index (χ1n) is 6.95. The molecule has 1 aromatic rings. The molecule has 5 heteroatoms. The van der Waals surface area contributed by atoms with Gasteiger partial charge in [-0.3, -0.25) is 0 Å². The summed E-state index contributed by atoms with van der Waals surface area (Å²) in [6, 6.07) is 2.03. The predicted molar refractivity (Wildman–Crippen MR) is 82.0 cm³/mol.